The molecule has 0 saturated carbocycles. The standard InChI is InChI=1S/C21H21N3O2S/c1-3-15-7-9-16(10-8-15)19-11-12-21(24-23-19)27-14-20(25)22-17-5-4-6-18(13-17)26-2/h4-13H,3,14H2,1-2H3,(H,22,25). The van der Waals surface area contributed by atoms with Crippen LogP contribution in [0.5, 0.6) is 5.75 Å². The number of nitrogens with zero attached hydrogens (tertiary/aromatic N) is 2. The first-order chi connectivity index (χ1) is 13.2. The normalized spacial score (nSPS) is 10.4. The monoisotopic (exact) mass is 379 g/mol. The summed E-state index contributed by atoms with van der Waals surface area (Å²) in [5.74, 6) is 0.861. The molecule has 0 bridgehead atoms. The van der Waals surface area contributed by atoms with Gasteiger partial charge in [0.1, 0.15) is 10.8 Å². The lowest BCUT2D eigenvalue weighted by Gasteiger charge is -2.07. The Bertz CT molecular complexity index is 896. The van der Waals surface area contributed by atoms with Gasteiger partial charge in [-0.3, -0.25) is 4.79 Å². The molecule has 0 aliphatic heterocycles. The summed E-state index contributed by atoms with van der Waals surface area (Å²) in [6, 6.07) is 19.4. The predicted molar refractivity (Wildman–Crippen MR) is 109 cm³/mol. The molecule has 2 aromatic carbocycles. The van der Waals surface area contributed by atoms with Crippen molar-refractivity contribution in [1.82, 2.24) is 10.2 Å². The molecule has 0 unspecified atom stereocenters. The highest BCUT2D eigenvalue weighted by atomic mass is 32.2. The molecule has 3 rings (SSSR count). The zero-order valence-electron chi connectivity index (χ0n) is 15.3. The van der Waals surface area contributed by atoms with E-state index in [2.05, 4.69) is 46.7 Å². The fraction of sp³-hybridized carbons (Fsp3) is 0.190. The van der Waals surface area contributed by atoms with Crippen molar-refractivity contribution in [2.24, 2.45) is 0 Å². The molecule has 1 heterocycles. The van der Waals surface area contributed by atoms with E-state index in [0.717, 1.165) is 17.7 Å². The summed E-state index contributed by atoms with van der Waals surface area (Å²) in [5, 5.41) is 12.0. The predicted octanol–water partition coefficient (Wildman–Crippen LogP) is 4.45. The molecule has 3 aromatic rings. The summed E-state index contributed by atoms with van der Waals surface area (Å²) < 4.78 is 5.15. The molecule has 0 spiro atoms. The Labute approximate surface area is 163 Å². The fourth-order valence-corrected chi connectivity index (χ4v) is 3.11. The molecule has 0 radical (unpaired) electrons. The van der Waals surface area contributed by atoms with Crippen LogP contribution >= 0.6 is 11.8 Å². The van der Waals surface area contributed by atoms with Crippen LogP contribution in [0.25, 0.3) is 11.3 Å². The first-order valence-corrected chi connectivity index (χ1v) is 9.66. The molecule has 5 nitrogen and oxygen atoms in total. The Morgan fingerprint density at radius 2 is 1.89 bits per heavy atom. The number of amides is 1. The molecule has 0 aliphatic carbocycles. The molecule has 6 heteroatoms. The molecule has 1 N–H and O–H groups in total. The van der Waals surface area contributed by atoms with Crippen molar-refractivity contribution >= 4 is 23.4 Å². The van der Waals surface area contributed by atoms with Crippen molar-refractivity contribution < 1.29 is 9.53 Å². The number of aryl methyl sites for hydroxylation is 1. The van der Waals surface area contributed by atoms with Gasteiger partial charge >= 0.3 is 0 Å². The van der Waals surface area contributed by atoms with Gasteiger partial charge < -0.3 is 10.1 Å². The van der Waals surface area contributed by atoms with Crippen molar-refractivity contribution in [3.63, 3.8) is 0 Å². The van der Waals surface area contributed by atoms with Crippen molar-refractivity contribution in [2.45, 2.75) is 18.4 Å². The van der Waals surface area contributed by atoms with Crippen LogP contribution in [0.1, 0.15) is 12.5 Å². The summed E-state index contributed by atoms with van der Waals surface area (Å²) in [5.41, 5.74) is 3.85. The largest absolute Gasteiger partial charge is 0.497 e. The average Bonchev–Trinajstić information content (AvgIpc) is 2.73. The molecule has 138 valence electrons. The minimum Gasteiger partial charge on any atom is -0.497 e. The lowest BCUT2D eigenvalue weighted by Crippen LogP contribution is -2.14. The van der Waals surface area contributed by atoms with Crippen molar-refractivity contribution in [3.05, 3.63) is 66.2 Å². The number of benzene rings is 2. The Kier molecular flexibility index (Phi) is 6.44. The SMILES string of the molecule is CCc1ccc(-c2ccc(SCC(=O)Nc3cccc(OC)c3)nn2)cc1. The van der Waals surface area contributed by atoms with Gasteiger partial charge in [-0.15, -0.1) is 10.2 Å². The lowest BCUT2D eigenvalue weighted by molar-refractivity contribution is -0.113. The van der Waals surface area contributed by atoms with Crippen LogP contribution in [0.15, 0.2) is 65.7 Å². The molecule has 0 saturated heterocycles. The molecular weight excluding hydrogens is 358 g/mol. The average molecular weight is 379 g/mol. The van der Waals surface area contributed by atoms with E-state index in [-0.39, 0.29) is 11.7 Å². The highest BCUT2D eigenvalue weighted by molar-refractivity contribution is 7.99. The maximum absolute atomic E-state index is 12.1. The van der Waals surface area contributed by atoms with Crippen molar-refractivity contribution in [3.8, 4) is 17.0 Å². The van der Waals surface area contributed by atoms with Gasteiger partial charge in [-0.1, -0.05) is 49.0 Å². The van der Waals surface area contributed by atoms with E-state index in [1.807, 2.05) is 30.3 Å². The third-order valence-electron chi connectivity index (χ3n) is 4.00. The van der Waals surface area contributed by atoms with E-state index in [1.165, 1.54) is 17.3 Å². The maximum Gasteiger partial charge on any atom is 0.234 e. The molecule has 1 aromatic heterocycles. The number of aromatic nitrogens is 2. The highest BCUT2D eigenvalue weighted by Crippen LogP contribution is 2.21. The van der Waals surface area contributed by atoms with Gasteiger partial charge in [0.25, 0.3) is 0 Å². The maximum atomic E-state index is 12.1. The van der Waals surface area contributed by atoms with Gasteiger partial charge in [-0.2, -0.15) is 0 Å². The van der Waals surface area contributed by atoms with E-state index in [0.29, 0.717) is 16.5 Å². The molecular formula is C21H21N3O2S. The van der Waals surface area contributed by atoms with E-state index >= 15 is 0 Å². The van der Waals surface area contributed by atoms with Gasteiger partial charge in [-0.05, 0) is 36.2 Å². The molecule has 0 fully saturated rings. The van der Waals surface area contributed by atoms with Crippen LogP contribution in [0, 0.1) is 0 Å². The first-order valence-electron chi connectivity index (χ1n) is 8.67. The smallest absolute Gasteiger partial charge is 0.234 e. The first kappa shape index (κ1) is 18.9. The summed E-state index contributed by atoms with van der Waals surface area (Å²) in [6.07, 6.45) is 1.01. The zero-order chi connectivity index (χ0) is 19.1. The van der Waals surface area contributed by atoms with Crippen LogP contribution in [0.2, 0.25) is 0 Å². The quantitative estimate of drug-likeness (QED) is 0.615. The molecule has 1 amide bonds. The van der Waals surface area contributed by atoms with Gasteiger partial charge in [0.2, 0.25) is 5.91 Å². The Morgan fingerprint density at radius 1 is 1.07 bits per heavy atom. The topological polar surface area (TPSA) is 64.1 Å². The van der Waals surface area contributed by atoms with Crippen LogP contribution in [-0.2, 0) is 11.2 Å². The summed E-state index contributed by atoms with van der Waals surface area (Å²) in [4.78, 5) is 12.1. The van der Waals surface area contributed by atoms with E-state index in [4.69, 9.17) is 4.74 Å². The number of carbonyl (C=O) groups is 1. The van der Waals surface area contributed by atoms with Crippen LogP contribution in [-0.4, -0.2) is 29.0 Å². The highest BCUT2D eigenvalue weighted by Gasteiger charge is 2.07. The van der Waals surface area contributed by atoms with Crippen LogP contribution in [0.3, 0.4) is 0 Å². The Morgan fingerprint density at radius 3 is 2.56 bits per heavy atom. The second-order valence-electron chi connectivity index (χ2n) is 5.88. The minimum absolute atomic E-state index is 0.103. The minimum atomic E-state index is -0.103. The number of hydrogen-bond acceptors (Lipinski definition) is 5. The lowest BCUT2D eigenvalue weighted by atomic mass is 10.1. The number of anilines is 1. The number of methoxy groups -OCH3 is 1. The fourth-order valence-electron chi connectivity index (χ4n) is 2.50. The number of rotatable bonds is 7. The number of ether oxygens (including phenoxy) is 1. The van der Waals surface area contributed by atoms with Crippen LogP contribution in [0.4, 0.5) is 5.69 Å². The van der Waals surface area contributed by atoms with E-state index < -0.39 is 0 Å². The zero-order valence-corrected chi connectivity index (χ0v) is 16.1. The van der Waals surface area contributed by atoms with E-state index in [1.54, 1.807) is 13.2 Å². The Balaban J connectivity index is 1.55. The summed E-state index contributed by atoms with van der Waals surface area (Å²) in [6.45, 7) is 2.13. The van der Waals surface area contributed by atoms with Gasteiger partial charge in [-0.25, -0.2) is 0 Å². The molecule has 0 atom stereocenters. The third kappa shape index (κ3) is 5.31. The second-order valence-corrected chi connectivity index (χ2v) is 6.87. The Hall–Kier alpha value is -2.86. The van der Waals surface area contributed by atoms with Crippen LogP contribution < -0.4 is 10.1 Å². The number of hydrogen-bond donors (Lipinski definition) is 1. The number of carbonyl (C=O) groups excluding carboxylic acids is 1. The molecule has 27 heavy (non-hydrogen) atoms. The van der Waals surface area contributed by atoms with Gasteiger partial charge in [0, 0.05) is 17.3 Å². The third-order valence-corrected chi connectivity index (χ3v) is 4.92. The van der Waals surface area contributed by atoms with Gasteiger partial charge in [0.15, 0.2) is 0 Å². The van der Waals surface area contributed by atoms with Crippen molar-refractivity contribution in [1.29, 1.82) is 0 Å². The number of nitrogens with one attached hydrogen (secondary N) is 1. The van der Waals surface area contributed by atoms with E-state index in [9.17, 15) is 4.79 Å². The summed E-state index contributed by atoms with van der Waals surface area (Å²) in [7, 11) is 1.59. The number of thioether (sulfide) groups is 1. The van der Waals surface area contributed by atoms with Gasteiger partial charge in [0.05, 0.1) is 18.6 Å². The van der Waals surface area contributed by atoms with Crippen molar-refractivity contribution in [2.75, 3.05) is 18.2 Å². The molecule has 0 aliphatic rings. The second kappa shape index (κ2) is 9.19. The summed E-state index contributed by atoms with van der Waals surface area (Å²) >= 11 is 1.35.